The molecule has 3 nitrogen and oxygen atoms in total. The van der Waals surface area contributed by atoms with E-state index in [1.165, 1.54) is 15.9 Å². The van der Waals surface area contributed by atoms with Crippen LogP contribution >= 0.6 is 7.05 Å². The van der Waals surface area contributed by atoms with E-state index in [0.717, 1.165) is 0 Å². The normalized spacial score (nSPS) is 10.9. The Labute approximate surface area is 173 Å². The van der Waals surface area contributed by atoms with Crippen LogP contribution in [0.3, 0.4) is 0 Å². The Morgan fingerprint density at radius 2 is 1.24 bits per heavy atom. The van der Waals surface area contributed by atoms with E-state index in [4.69, 9.17) is 9.48 Å². The van der Waals surface area contributed by atoms with Crippen molar-refractivity contribution in [3.05, 3.63) is 103 Å². The number of hydrogen-bond acceptors (Lipinski definition) is 3. The lowest BCUT2D eigenvalue weighted by Crippen LogP contribution is -2.25. The molecule has 148 valence electrons. The van der Waals surface area contributed by atoms with Crippen molar-refractivity contribution >= 4 is 28.9 Å². The van der Waals surface area contributed by atoms with Crippen LogP contribution in [-0.2, 0) is 9.53 Å². The van der Waals surface area contributed by atoms with Gasteiger partial charge >= 0.3 is 5.97 Å². The Balaban J connectivity index is 2.03. The van der Waals surface area contributed by atoms with E-state index in [1.54, 1.807) is 6.92 Å². The molecule has 29 heavy (non-hydrogen) atoms. The van der Waals surface area contributed by atoms with Crippen molar-refractivity contribution < 1.29 is 9.53 Å². The van der Waals surface area contributed by atoms with Crippen LogP contribution in [0, 0.1) is 0 Å². The van der Waals surface area contributed by atoms with Crippen LogP contribution in [0.15, 0.2) is 108 Å². The topological polar surface area (TPSA) is 38.7 Å². The SMILES string of the molecule is C=C(C)C(=O)OCCCN=P(c1ccccc1)(c1ccccc1)c1ccccc1. The zero-order valence-electron chi connectivity index (χ0n) is 16.7. The molecule has 0 bridgehead atoms. The molecular weight excluding hydrogens is 377 g/mol. The minimum absolute atomic E-state index is 0.341. The summed E-state index contributed by atoms with van der Waals surface area (Å²) >= 11 is 0. The molecule has 0 amide bonds. The van der Waals surface area contributed by atoms with Gasteiger partial charge in [-0.3, -0.25) is 4.74 Å². The third-order valence-electron chi connectivity index (χ3n) is 4.59. The number of carbonyl (C=O) groups is 1. The molecule has 0 saturated carbocycles. The van der Waals surface area contributed by atoms with E-state index >= 15 is 0 Å². The molecule has 0 aliphatic heterocycles. The summed E-state index contributed by atoms with van der Waals surface area (Å²) in [6.45, 7) is 6.22. The molecule has 4 heteroatoms. The van der Waals surface area contributed by atoms with Crippen molar-refractivity contribution in [3.8, 4) is 0 Å². The fourth-order valence-corrected chi connectivity index (χ4v) is 6.83. The van der Waals surface area contributed by atoms with Crippen molar-refractivity contribution in [2.24, 2.45) is 4.74 Å². The molecule has 3 aromatic rings. The third kappa shape index (κ3) is 4.93. The number of benzene rings is 3. The summed E-state index contributed by atoms with van der Waals surface area (Å²) in [6, 6.07) is 31.5. The number of carbonyl (C=O) groups excluding carboxylic acids is 1. The molecule has 0 aliphatic rings. The maximum absolute atomic E-state index is 11.6. The highest BCUT2D eigenvalue weighted by atomic mass is 31.2. The lowest BCUT2D eigenvalue weighted by Gasteiger charge is -2.27. The Morgan fingerprint density at radius 3 is 1.62 bits per heavy atom. The van der Waals surface area contributed by atoms with Gasteiger partial charge in [-0.25, -0.2) is 4.79 Å². The quantitative estimate of drug-likeness (QED) is 0.237. The maximum atomic E-state index is 11.6. The Kier molecular flexibility index (Phi) is 7.21. The van der Waals surface area contributed by atoms with Crippen LogP contribution in [0.4, 0.5) is 0 Å². The third-order valence-corrected chi connectivity index (χ3v) is 8.35. The number of nitrogens with zero attached hydrogens (tertiary/aromatic N) is 1. The van der Waals surface area contributed by atoms with Crippen molar-refractivity contribution in [2.75, 3.05) is 13.2 Å². The largest absolute Gasteiger partial charge is 0.462 e. The summed E-state index contributed by atoms with van der Waals surface area (Å²) in [4.78, 5) is 11.6. The first-order valence-corrected chi connectivity index (χ1v) is 11.5. The summed E-state index contributed by atoms with van der Waals surface area (Å²) in [5.41, 5.74) is 0.418. The second-order valence-electron chi connectivity index (χ2n) is 6.78. The maximum Gasteiger partial charge on any atom is 0.333 e. The van der Waals surface area contributed by atoms with Gasteiger partial charge in [0, 0.05) is 34.5 Å². The number of esters is 1. The Morgan fingerprint density at radius 1 is 0.828 bits per heavy atom. The summed E-state index contributed by atoms with van der Waals surface area (Å²) in [5, 5.41) is 3.66. The van der Waals surface area contributed by atoms with Gasteiger partial charge in [0.05, 0.1) is 13.7 Å². The van der Waals surface area contributed by atoms with Gasteiger partial charge in [-0.2, -0.15) is 0 Å². The van der Waals surface area contributed by atoms with E-state index in [1.807, 2.05) is 18.2 Å². The first-order valence-electron chi connectivity index (χ1n) is 9.72. The number of rotatable bonds is 8. The average Bonchev–Trinajstić information content (AvgIpc) is 2.78. The van der Waals surface area contributed by atoms with Crippen LogP contribution in [-0.4, -0.2) is 19.1 Å². The number of ether oxygens (including phenoxy) is 1. The molecule has 0 radical (unpaired) electrons. The fraction of sp³-hybridized carbons (Fsp3) is 0.160. The smallest absolute Gasteiger partial charge is 0.333 e. The van der Waals surface area contributed by atoms with Gasteiger partial charge in [0.1, 0.15) is 0 Å². The van der Waals surface area contributed by atoms with Crippen molar-refractivity contribution in [2.45, 2.75) is 13.3 Å². The van der Waals surface area contributed by atoms with E-state index < -0.39 is 7.05 Å². The van der Waals surface area contributed by atoms with Crippen LogP contribution in [0.2, 0.25) is 0 Å². The molecule has 0 saturated heterocycles. The molecule has 0 spiro atoms. The summed E-state index contributed by atoms with van der Waals surface area (Å²) in [5.74, 6) is -0.347. The lowest BCUT2D eigenvalue weighted by atomic mass is 10.4. The molecule has 0 heterocycles. The minimum Gasteiger partial charge on any atom is -0.462 e. The highest BCUT2D eigenvalue weighted by molar-refractivity contribution is 7.87. The molecule has 0 aromatic heterocycles. The molecule has 3 rings (SSSR count). The zero-order valence-corrected chi connectivity index (χ0v) is 17.6. The average molecular weight is 403 g/mol. The van der Waals surface area contributed by atoms with Crippen molar-refractivity contribution in [1.29, 1.82) is 0 Å². The van der Waals surface area contributed by atoms with E-state index in [0.29, 0.717) is 25.1 Å². The fourth-order valence-electron chi connectivity index (χ4n) is 3.20. The summed E-state index contributed by atoms with van der Waals surface area (Å²) < 4.78 is 10.6. The summed E-state index contributed by atoms with van der Waals surface area (Å²) in [7, 11) is -2.17. The Bertz CT molecular complexity index is 895. The van der Waals surface area contributed by atoms with Gasteiger partial charge in [0.25, 0.3) is 0 Å². The van der Waals surface area contributed by atoms with Gasteiger partial charge in [-0.05, 0) is 6.92 Å². The summed E-state index contributed by atoms with van der Waals surface area (Å²) in [6.07, 6.45) is 0.674. The van der Waals surface area contributed by atoms with Crippen LogP contribution < -0.4 is 15.9 Å². The standard InChI is InChI=1S/C25H26NO2P/c1-21(2)25(27)28-20-12-19-26-29(22-13-6-3-7-14-22,23-15-8-4-9-16-23)24-17-10-5-11-18-24/h3-11,13-18H,1,12,19-20H2,2H3. The minimum atomic E-state index is -2.17. The monoisotopic (exact) mass is 403 g/mol. The van der Waals surface area contributed by atoms with Crippen LogP contribution in [0.1, 0.15) is 13.3 Å². The van der Waals surface area contributed by atoms with Crippen LogP contribution in [0.25, 0.3) is 0 Å². The molecule has 0 aliphatic carbocycles. The zero-order chi connectivity index (χ0) is 20.5. The highest BCUT2D eigenvalue weighted by Gasteiger charge is 2.26. The molecule has 0 atom stereocenters. The first kappa shape index (κ1) is 20.8. The van der Waals surface area contributed by atoms with Gasteiger partial charge in [-0.1, -0.05) is 97.6 Å². The second-order valence-corrected chi connectivity index (χ2v) is 9.88. The first-order chi connectivity index (χ1) is 14.1. The van der Waals surface area contributed by atoms with Crippen molar-refractivity contribution in [1.82, 2.24) is 0 Å². The highest BCUT2D eigenvalue weighted by Crippen LogP contribution is 2.46. The molecular formula is C25H26NO2P. The lowest BCUT2D eigenvalue weighted by molar-refractivity contribution is -0.138. The van der Waals surface area contributed by atoms with E-state index in [-0.39, 0.29) is 5.97 Å². The second kappa shape index (κ2) is 10.0. The van der Waals surface area contributed by atoms with Gasteiger partial charge in [0.2, 0.25) is 0 Å². The predicted octanol–water partition coefficient (Wildman–Crippen LogP) is 4.67. The molecule has 3 aromatic carbocycles. The molecule has 0 fully saturated rings. The van der Waals surface area contributed by atoms with Gasteiger partial charge in [-0.15, -0.1) is 0 Å². The Hall–Kier alpha value is -2.90. The number of hydrogen-bond donors (Lipinski definition) is 0. The molecule has 0 unspecified atom stereocenters. The van der Waals surface area contributed by atoms with Crippen molar-refractivity contribution in [3.63, 3.8) is 0 Å². The predicted molar refractivity (Wildman–Crippen MR) is 123 cm³/mol. The molecule has 0 N–H and O–H groups in total. The van der Waals surface area contributed by atoms with E-state index in [9.17, 15) is 4.79 Å². The van der Waals surface area contributed by atoms with Gasteiger partial charge < -0.3 is 4.74 Å². The van der Waals surface area contributed by atoms with Crippen LogP contribution in [0.5, 0.6) is 0 Å². The van der Waals surface area contributed by atoms with Gasteiger partial charge in [0.15, 0.2) is 0 Å². The van der Waals surface area contributed by atoms with E-state index in [2.05, 4.69) is 79.4 Å².